The van der Waals surface area contributed by atoms with Gasteiger partial charge in [0, 0.05) is 19.3 Å². The van der Waals surface area contributed by atoms with Crippen molar-refractivity contribution in [2.45, 2.75) is 38.5 Å². The number of carboxylic acids is 1. The molecule has 0 aromatic carbocycles. The van der Waals surface area contributed by atoms with Crippen molar-refractivity contribution in [3.8, 4) is 0 Å². The third-order valence-electron chi connectivity index (χ3n) is 4.89. The number of piperidine rings is 1. The summed E-state index contributed by atoms with van der Waals surface area (Å²) in [6, 6.07) is 3.57. The molecule has 2 amide bonds. The number of carbonyl (C=O) groups is 2. The average Bonchev–Trinajstić information content (AvgIpc) is 2.46. The van der Waals surface area contributed by atoms with E-state index in [-0.39, 0.29) is 18.5 Å². The van der Waals surface area contributed by atoms with Crippen LogP contribution in [-0.2, 0) is 4.79 Å². The van der Waals surface area contributed by atoms with Gasteiger partial charge in [0.15, 0.2) is 0 Å². The molecule has 2 aliphatic rings. The number of nitrogens with zero attached hydrogens (tertiary/aromatic N) is 2. The first-order valence-electron chi connectivity index (χ1n) is 8.27. The number of aliphatic carboxylic acids is 1. The Kier molecular flexibility index (Phi) is 4.50. The van der Waals surface area contributed by atoms with Crippen LogP contribution < -0.4 is 5.32 Å². The number of likely N-dealkylation sites (tertiary alicyclic amines) is 1. The summed E-state index contributed by atoms with van der Waals surface area (Å²) in [4.78, 5) is 29.4. The number of urea groups is 1. The average molecular weight is 317 g/mol. The summed E-state index contributed by atoms with van der Waals surface area (Å²) in [5.74, 6) is -0.00461. The number of pyridine rings is 1. The number of aromatic nitrogens is 1. The summed E-state index contributed by atoms with van der Waals surface area (Å²) in [5.41, 5.74) is 1.23. The molecular formula is C17H23N3O3. The minimum Gasteiger partial charge on any atom is -0.481 e. The molecule has 2 atom stereocenters. The second-order valence-corrected chi connectivity index (χ2v) is 6.82. The van der Waals surface area contributed by atoms with E-state index in [0.717, 1.165) is 0 Å². The molecule has 23 heavy (non-hydrogen) atoms. The van der Waals surface area contributed by atoms with E-state index in [2.05, 4.69) is 10.3 Å². The number of rotatable bonds is 3. The molecule has 124 valence electrons. The zero-order chi connectivity index (χ0) is 16.4. The zero-order valence-electron chi connectivity index (χ0n) is 13.4. The first kappa shape index (κ1) is 15.8. The molecule has 1 aromatic heterocycles. The normalized spacial score (nSPS) is 24.8. The molecule has 2 heterocycles. The fourth-order valence-corrected chi connectivity index (χ4v) is 3.35. The summed E-state index contributed by atoms with van der Waals surface area (Å²) >= 11 is 0. The van der Waals surface area contributed by atoms with E-state index in [0.29, 0.717) is 24.7 Å². The lowest BCUT2D eigenvalue weighted by atomic mass is 9.81. The lowest BCUT2D eigenvalue weighted by molar-refractivity contribution is -0.143. The van der Waals surface area contributed by atoms with Gasteiger partial charge in [-0.3, -0.25) is 10.1 Å². The molecule has 6 nitrogen and oxygen atoms in total. The number of amides is 2. The van der Waals surface area contributed by atoms with Crippen LogP contribution in [-0.4, -0.2) is 40.1 Å². The van der Waals surface area contributed by atoms with Crippen LogP contribution in [0.2, 0.25) is 0 Å². The van der Waals surface area contributed by atoms with Gasteiger partial charge in [-0.25, -0.2) is 9.78 Å². The highest BCUT2D eigenvalue weighted by Crippen LogP contribution is 2.36. The topological polar surface area (TPSA) is 82.5 Å². The van der Waals surface area contributed by atoms with Gasteiger partial charge in [-0.05, 0) is 42.7 Å². The quantitative estimate of drug-likeness (QED) is 0.898. The molecule has 1 aliphatic carbocycles. The van der Waals surface area contributed by atoms with Gasteiger partial charge in [-0.2, -0.15) is 0 Å². The summed E-state index contributed by atoms with van der Waals surface area (Å²) in [7, 11) is 0. The highest BCUT2D eigenvalue weighted by atomic mass is 16.4. The molecule has 1 saturated carbocycles. The molecule has 2 fully saturated rings. The molecule has 2 unspecified atom stereocenters. The maximum absolute atomic E-state index is 12.3. The van der Waals surface area contributed by atoms with Crippen LogP contribution in [0, 0.1) is 11.8 Å². The van der Waals surface area contributed by atoms with Crippen LogP contribution in [0.4, 0.5) is 10.6 Å². The second-order valence-electron chi connectivity index (χ2n) is 6.82. The van der Waals surface area contributed by atoms with Gasteiger partial charge >= 0.3 is 12.0 Å². The molecule has 0 radical (unpaired) electrons. The van der Waals surface area contributed by atoms with E-state index in [1.54, 1.807) is 4.90 Å². The van der Waals surface area contributed by atoms with E-state index in [1.807, 2.05) is 25.3 Å². The van der Waals surface area contributed by atoms with Crippen molar-refractivity contribution in [3.63, 3.8) is 0 Å². The van der Waals surface area contributed by atoms with Gasteiger partial charge in [0.1, 0.15) is 5.82 Å². The number of carbonyl (C=O) groups excluding carboxylic acids is 1. The number of nitrogens with one attached hydrogen (secondary N) is 1. The first-order chi connectivity index (χ1) is 11.0. The molecule has 0 bridgehead atoms. The zero-order valence-corrected chi connectivity index (χ0v) is 13.4. The Hall–Kier alpha value is -2.11. The van der Waals surface area contributed by atoms with Gasteiger partial charge in [-0.15, -0.1) is 0 Å². The second kappa shape index (κ2) is 6.56. The molecule has 6 heteroatoms. The Morgan fingerprint density at radius 1 is 1.30 bits per heavy atom. The largest absolute Gasteiger partial charge is 0.481 e. The molecule has 1 aromatic rings. The van der Waals surface area contributed by atoms with Crippen molar-refractivity contribution in [1.29, 1.82) is 0 Å². The molecule has 1 saturated heterocycles. The third-order valence-corrected chi connectivity index (χ3v) is 4.89. The van der Waals surface area contributed by atoms with E-state index in [9.17, 15) is 14.7 Å². The van der Waals surface area contributed by atoms with Crippen molar-refractivity contribution in [3.05, 3.63) is 23.9 Å². The van der Waals surface area contributed by atoms with E-state index in [1.165, 1.54) is 24.8 Å². The van der Waals surface area contributed by atoms with Gasteiger partial charge in [0.25, 0.3) is 0 Å². The number of anilines is 1. The van der Waals surface area contributed by atoms with Crippen molar-refractivity contribution >= 4 is 17.8 Å². The Morgan fingerprint density at radius 3 is 2.65 bits per heavy atom. The molecule has 1 aliphatic heterocycles. The van der Waals surface area contributed by atoms with Crippen LogP contribution in [0.1, 0.15) is 44.1 Å². The van der Waals surface area contributed by atoms with Gasteiger partial charge in [0.05, 0.1) is 5.92 Å². The number of hydrogen-bond donors (Lipinski definition) is 2. The summed E-state index contributed by atoms with van der Waals surface area (Å²) in [6.07, 6.45) is 6.16. The minimum absolute atomic E-state index is 0.185. The van der Waals surface area contributed by atoms with Crippen molar-refractivity contribution in [2.75, 3.05) is 18.4 Å². The summed E-state index contributed by atoms with van der Waals surface area (Å²) in [5, 5.41) is 12.0. The van der Waals surface area contributed by atoms with Gasteiger partial charge in [0.2, 0.25) is 0 Å². The van der Waals surface area contributed by atoms with Crippen LogP contribution in [0.3, 0.4) is 0 Å². The molecular weight excluding hydrogens is 294 g/mol. The van der Waals surface area contributed by atoms with Crippen LogP contribution in [0.15, 0.2) is 18.3 Å². The maximum Gasteiger partial charge on any atom is 0.323 e. The SMILES string of the molecule is CC1CC(C(=O)O)CN(C(=O)Nc2ccc(C3CCC3)cn2)C1. The predicted molar refractivity (Wildman–Crippen MR) is 86.3 cm³/mol. The van der Waals surface area contributed by atoms with Crippen LogP contribution in [0.5, 0.6) is 0 Å². The summed E-state index contributed by atoms with van der Waals surface area (Å²) in [6.45, 7) is 2.81. The lowest BCUT2D eigenvalue weighted by Crippen LogP contribution is -2.47. The van der Waals surface area contributed by atoms with Crippen LogP contribution >= 0.6 is 0 Å². The van der Waals surface area contributed by atoms with Crippen molar-refractivity contribution in [1.82, 2.24) is 9.88 Å². The minimum atomic E-state index is -0.836. The monoisotopic (exact) mass is 317 g/mol. The molecule has 0 spiro atoms. The Balaban J connectivity index is 1.60. The van der Waals surface area contributed by atoms with Crippen LogP contribution in [0.25, 0.3) is 0 Å². The maximum atomic E-state index is 12.3. The van der Waals surface area contributed by atoms with E-state index < -0.39 is 11.9 Å². The Morgan fingerprint density at radius 2 is 2.09 bits per heavy atom. The lowest BCUT2D eigenvalue weighted by Gasteiger charge is -2.34. The number of carboxylic acid groups (broad SMARTS) is 1. The number of hydrogen-bond acceptors (Lipinski definition) is 3. The predicted octanol–water partition coefficient (Wildman–Crippen LogP) is 2.92. The molecule has 3 rings (SSSR count). The van der Waals surface area contributed by atoms with Gasteiger partial charge < -0.3 is 10.0 Å². The van der Waals surface area contributed by atoms with Crippen molar-refractivity contribution in [2.24, 2.45) is 11.8 Å². The smallest absolute Gasteiger partial charge is 0.323 e. The standard InChI is InChI=1S/C17H23N3O3/c1-11-7-14(16(21)22)10-20(9-11)17(23)19-15-6-5-13(8-18-15)12-3-2-4-12/h5-6,8,11-12,14H,2-4,7,9-10H2,1H3,(H,21,22)(H,18,19,23). The fourth-order valence-electron chi connectivity index (χ4n) is 3.35. The first-order valence-corrected chi connectivity index (χ1v) is 8.27. The van der Waals surface area contributed by atoms with Crippen molar-refractivity contribution < 1.29 is 14.7 Å². The Labute approximate surface area is 135 Å². The highest BCUT2D eigenvalue weighted by Gasteiger charge is 2.32. The molecule has 2 N–H and O–H groups in total. The van der Waals surface area contributed by atoms with E-state index in [4.69, 9.17) is 0 Å². The third kappa shape index (κ3) is 3.63. The summed E-state index contributed by atoms with van der Waals surface area (Å²) < 4.78 is 0. The highest BCUT2D eigenvalue weighted by molar-refractivity contribution is 5.88. The van der Waals surface area contributed by atoms with E-state index >= 15 is 0 Å². The van der Waals surface area contributed by atoms with Gasteiger partial charge in [-0.1, -0.05) is 19.4 Å². The fraction of sp³-hybridized carbons (Fsp3) is 0.588. The Bertz CT molecular complexity index is 583.